The fourth-order valence-corrected chi connectivity index (χ4v) is 4.79. The summed E-state index contributed by atoms with van der Waals surface area (Å²) in [4.78, 5) is 28.3. The molecule has 1 aromatic carbocycles. The van der Waals surface area contributed by atoms with Gasteiger partial charge >= 0.3 is 12.2 Å². The van der Waals surface area contributed by atoms with E-state index in [0.717, 1.165) is 6.07 Å². The second kappa shape index (κ2) is 8.19. The first kappa shape index (κ1) is 22.0. The maximum atomic E-state index is 13.4. The third kappa shape index (κ3) is 3.88. The van der Waals surface area contributed by atoms with Gasteiger partial charge in [-0.05, 0) is 24.3 Å². The highest BCUT2D eigenvalue weighted by Crippen LogP contribution is 2.40. The highest BCUT2D eigenvalue weighted by atomic mass is 19.4. The molecule has 12 heteroatoms. The van der Waals surface area contributed by atoms with Crippen LogP contribution in [0, 0.1) is 11.8 Å². The van der Waals surface area contributed by atoms with E-state index in [-0.39, 0.29) is 29.3 Å². The summed E-state index contributed by atoms with van der Waals surface area (Å²) >= 11 is 0. The maximum Gasteiger partial charge on any atom is 0.418 e. The Morgan fingerprint density at radius 3 is 2.38 bits per heavy atom. The Balaban J connectivity index is 1.31. The van der Waals surface area contributed by atoms with Crippen LogP contribution in [-0.4, -0.2) is 64.7 Å². The Morgan fingerprint density at radius 1 is 1.00 bits per heavy atom. The van der Waals surface area contributed by atoms with E-state index in [1.165, 1.54) is 23.6 Å². The average molecular weight is 473 g/mol. The van der Waals surface area contributed by atoms with Crippen molar-refractivity contribution in [1.29, 1.82) is 0 Å². The van der Waals surface area contributed by atoms with Gasteiger partial charge in [0.2, 0.25) is 5.82 Å². The number of para-hydroxylation sites is 1. The molecular formula is C22H22F3N7O2. The van der Waals surface area contributed by atoms with Crippen LogP contribution in [0.15, 0.2) is 42.6 Å². The number of anilines is 2. The van der Waals surface area contributed by atoms with Gasteiger partial charge in [-0.1, -0.05) is 12.1 Å². The van der Waals surface area contributed by atoms with Crippen LogP contribution in [0.3, 0.4) is 0 Å². The van der Waals surface area contributed by atoms with E-state index in [1.54, 1.807) is 34.2 Å². The molecule has 0 spiro atoms. The lowest BCUT2D eigenvalue weighted by Gasteiger charge is -2.25. The first-order valence-electron chi connectivity index (χ1n) is 10.8. The molecule has 3 amide bonds. The van der Waals surface area contributed by atoms with Crippen LogP contribution in [0.1, 0.15) is 16.2 Å². The molecule has 4 heterocycles. The zero-order chi connectivity index (χ0) is 24.0. The van der Waals surface area contributed by atoms with Crippen molar-refractivity contribution < 1.29 is 22.8 Å². The summed E-state index contributed by atoms with van der Waals surface area (Å²) in [7, 11) is 1.49. The van der Waals surface area contributed by atoms with Crippen molar-refractivity contribution in [2.45, 2.75) is 6.18 Å². The maximum absolute atomic E-state index is 13.4. The Morgan fingerprint density at radius 2 is 1.71 bits per heavy atom. The summed E-state index contributed by atoms with van der Waals surface area (Å²) in [5, 5.41) is 13.2. The number of pyridine rings is 1. The van der Waals surface area contributed by atoms with Crippen molar-refractivity contribution in [3.8, 4) is 0 Å². The Kier molecular flexibility index (Phi) is 5.29. The molecule has 2 fully saturated rings. The van der Waals surface area contributed by atoms with Gasteiger partial charge in [0, 0.05) is 56.9 Å². The van der Waals surface area contributed by atoms with Crippen LogP contribution in [0.5, 0.6) is 0 Å². The number of nitrogens with one attached hydrogen (secondary N) is 2. The molecule has 0 saturated carbocycles. The minimum absolute atomic E-state index is 0.0647. The van der Waals surface area contributed by atoms with Gasteiger partial charge in [-0.3, -0.25) is 9.20 Å². The highest BCUT2D eigenvalue weighted by molar-refractivity contribution is 5.92. The smallest absolute Gasteiger partial charge is 0.370 e. The summed E-state index contributed by atoms with van der Waals surface area (Å²) in [5.74, 6) is -0.0548. The number of benzene rings is 1. The van der Waals surface area contributed by atoms with Gasteiger partial charge < -0.3 is 20.4 Å². The number of rotatable bonds is 3. The van der Waals surface area contributed by atoms with Crippen LogP contribution in [0.25, 0.3) is 5.65 Å². The molecule has 1 unspecified atom stereocenters. The lowest BCUT2D eigenvalue weighted by atomic mass is 10.0. The summed E-state index contributed by atoms with van der Waals surface area (Å²) in [5.41, 5.74) is 0.471. The molecular weight excluding hydrogens is 451 g/mol. The molecule has 9 nitrogen and oxygen atoms in total. The van der Waals surface area contributed by atoms with Crippen molar-refractivity contribution >= 4 is 29.0 Å². The minimum atomic E-state index is -4.42. The van der Waals surface area contributed by atoms with Crippen LogP contribution >= 0.6 is 0 Å². The number of hydrogen-bond acceptors (Lipinski definition) is 5. The van der Waals surface area contributed by atoms with Gasteiger partial charge in [0.1, 0.15) is 0 Å². The number of carbonyl (C=O) groups excluding carboxylic acids is 2. The monoisotopic (exact) mass is 473 g/mol. The van der Waals surface area contributed by atoms with E-state index < -0.39 is 17.8 Å². The van der Waals surface area contributed by atoms with Gasteiger partial charge in [0.25, 0.3) is 5.91 Å². The fraction of sp³-hybridized carbons (Fsp3) is 0.364. The Bertz CT molecular complexity index is 1240. The zero-order valence-electron chi connectivity index (χ0n) is 18.2. The number of likely N-dealkylation sites (tertiary alicyclic amines) is 1. The largest absolute Gasteiger partial charge is 0.418 e. The van der Waals surface area contributed by atoms with Crippen molar-refractivity contribution in [2.75, 3.05) is 43.4 Å². The number of amides is 3. The van der Waals surface area contributed by atoms with Crippen LogP contribution < -0.4 is 15.5 Å². The van der Waals surface area contributed by atoms with E-state index in [9.17, 15) is 22.8 Å². The second-order valence-electron chi connectivity index (χ2n) is 8.52. The number of fused-ring (bicyclic) bond motifs is 2. The normalized spacial score (nSPS) is 20.0. The predicted molar refractivity (Wildman–Crippen MR) is 118 cm³/mol. The summed E-state index contributed by atoms with van der Waals surface area (Å²) in [6.07, 6.45) is -2.85. The number of carbonyl (C=O) groups is 2. The average Bonchev–Trinajstić information content (AvgIpc) is 3.51. The first-order valence-corrected chi connectivity index (χ1v) is 10.8. The zero-order valence-corrected chi connectivity index (χ0v) is 18.2. The lowest BCUT2D eigenvalue weighted by molar-refractivity contribution is -0.137. The van der Waals surface area contributed by atoms with Crippen LogP contribution in [0.2, 0.25) is 0 Å². The number of urea groups is 1. The van der Waals surface area contributed by atoms with Crippen molar-refractivity contribution in [3.05, 3.63) is 54.0 Å². The molecule has 2 saturated heterocycles. The van der Waals surface area contributed by atoms with Crippen LogP contribution in [-0.2, 0) is 6.18 Å². The third-order valence-corrected chi connectivity index (χ3v) is 6.40. The SMILES string of the molecule is CNC(=O)Nc1ccc2nnc(C(=O)N3CC4CN(c5ccccc5C(F)(F)F)C[C@H]4C3)n2c1. The molecule has 0 radical (unpaired) electrons. The Hall–Kier alpha value is -3.83. The number of halogens is 3. The predicted octanol–water partition coefficient (Wildman–Crippen LogP) is 2.71. The second-order valence-corrected chi connectivity index (χ2v) is 8.52. The quantitative estimate of drug-likeness (QED) is 0.610. The molecule has 3 aromatic rings. The van der Waals surface area contributed by atoms with Gasteiger partial charge in [0.15, 0.2) is 5.65 Å². The van der Waals surface area contributed by atoms with Gasteiger partial charge in [-0.25, -0.2) is 4.79 Å². The van der Waals surface area contributed by atoms with E-state index in [4.69, 9.17) is 0 Å². The Labute approximate surface area is 192 Å². The first-order chi connectivity index (χ1) is 16.2. The van der Waals surface area contributed by atoms with Crippen LogP contribution in [0.4, 0.5) is 29.3 Å². The summed E-state index contributed by atoms with van der Waals surface area (Å²) in [6, 6.07) is 8.50. The molecule has 2 aliphatic rings. The molecule has 0 aliphatic carbocycles. The summed E-state index contributed by atoms with van der Waals surface area (Å²) < 4.78 is 41.8. The molecule has 0 bridgehead atoms. The highest BCUT2D eigenvalue weighted by Gasteiger charge is 2.44. The van der Waals surface area contributed by atoms with Gasteiger partial charge in [-0.15, -0.1) is 10.2 Å². The number of hydrogen-bond donors (Lipinski definition) is 2. The van der Waals surface area contributed by atoms with Crippen molar-refractivity contribution in [2.24, 2.45) is 11.8 Å². The fourth-order valence-electron chi connectivity index (χ4n) is 4.79. The molecule has 178 valence electrons. The molecule has 34 heavy (non-hydrogen) atoms. The topological polar surface area (TPSA) is 94.9 Å². The van der Waals surface area contributed by atoms with E-state index in [1.807, 2.05) is 0 Å². The molecule has 5 rings (SSSR count). The molecule has 2 N–H and O–H groups in total. The van der Waals surface area contributed by atoms with Crippen molar-refractivity contribution in [1.82, 2.24) is 24.8 Å². The standard InChI is InChI=1S/C22H22F3N7O2/c1-26-21(34)27-15-6-7-18-28-29-19(32(18)12-15)20(33)31-10-13-8-30(9-14(13)11-31)17-5-3-2-4-16(17)22(23,24)25/h2-7,12-14H,8-11H2,1H3,(H2,26,27,34)/t13-,14?/m0/s1. The number of alkyl halides is 3. The minimum Gasteiger partial charge on any atom is -0.370 e. The van der Waals surface area contributed by atoms with Crippen molar-refractivity contribution in [3.63, 3.8) is 0 Å². The number of nitrogens with zero attached hydrogens (tertiary/aromatic N) is 5. The van der Waals surface area contributed by atoms with Gasteiger partial charge in [-0.2, -0.15) is 13.2 Å². The molecule has 2 aromatic heterocycles. The molecule has 2 aliphatic heterocycles. The third-order valence-electron chi connectivity index (χ3n) is 6.40. The lowest BCUT2D eigenvalue weighted by Crippen LogP contribution is -2.34. The van der Waals surface area contributed by atoms with E-state index in [2.05, 4.69) is 20.8 Å². The number of aromatic nitrogens is 3. The van der Waals surface area contributed by atoms with E-state index in [0.29, 0.717) is 37.5 Å². The summed E-state index contributed by atoms with van der Waals surface area (Å²) in [6.45, 7) is 1.75. The van der Waals surface area contributed by atoms with Gasteiger partial charge in [0.05, 0.1) is 11.3 Å². The van der Waals surface area contributed by atoms with E-state index >= 15 is 0 Å². The molecule has 2 atom stereocenters.